The number of carbonyl (C=O) groups is 1. The minimum atomic E-state index is 0.129. The molecule has 5 nitrogen and oxygen atoms in total. The summed E-state index contributed by atoms with van der Waals surface area (Å²) < 4.78 is 5.72. The summed E-state index contributed by atoms with van der Waals surface area (Å²) in [6, 6.07) is 18.0. The van der Waals surface area contributed by atoms with Crippen molar-refractivity contribution >= 4 is 17.3 Å². The Bertz CT molecular complexity index is 790. The van der Waals surface area contributed by atoms with E-state index in [2.05, 4.69) is 28.0 Å². The van der Waals surface area contributed by atoms with Gasteiger partial charge in [0.15, 0.2) is 0 Å². The number of nitrogens with zero attached hydrogens (tertiary/aromatic N) is 3. The number of hydrogen-bond acceptors (Lipinski definition) is 4. The second-order valence-electron chi connectivity index (χ2n) is 7.83. The van der Waals surface area contributed by atoms with Gasteiger partial charge in [-0.1, -0.05) is 36.8 Å². The van der Waals surface area contributed by atoms with Crippen LogP contribution >= 0.6 is 0 Å². The molecule has 0 bridgehead atoms. The third-order valence-electron chi connectivity index (χ3n) is 5.87. The van der Waals surface area contributed by atoms with E-state index in [-0.39, 0.29) is 5.91 Å². The van der Waals surface area contributed by atoms with Crippen molar-refractivity contribution in [2.45, 2.75) is 25.7 Å². The third-order valence-corrected chi connectivity index (χ3v) is 5.87. The van der Waals surface area contributed by atoms with E-state index in [9.17, 15) is 4.79 Å². The van der Waals surface area contributed by atoms with Crippen LogP contribution in [-0.4, -0.2) is 56.7 Å². The molecular formula is C24H31N3O2. The zero-order valence-electron chi connectivity index (χ0n) is 17.1. The van der Waals surface area contributed by atoms with Gasteiger partial charge < -0.3 is 19.4 Å². The van der Waals surface area contributed by atoms with Gasteiger partial charge >= 0.3 is 0 Å². The second-order valence-corrected chi connectivity index (χ2v) is 7.83. The Kier molecular flexibility index (Phi) is 6.67. The summed E-state index contributed by atoms with van der Waals surface area (Å²) in [6.45, 7) is 6.60. The van der Waals surface area contributed by atoms with Crippen molar-refractivity contribution in [2.75, 3.05) is 55.7 Å². The molecule has 0 unspecified atom stereocenters. The number of likely N-dealkylation sites (tertiary alicyclic amines) is 1. The maximum Gasteiger partial charge on any atom is 0.230 e. The van der Waals surface area contributed by atoms with Crippen molar-refractivity contribution in [3.05, 3.63) is 54.6 Å². The van der Waals surface area contributed by atoms with Crippen molar-refractivity contribution in [2.24, 2.45) is 0 Å². The first kappa shape index (κ1) is 19.8. The van der Waals surface area contributed by atoms with Gasteiger partial charge in [0.25, 0.3) is 0 Å². The summed E-state index contributed by atoms with van der Waals surface area (Å²) in [4.78, 5) is 19.8. The predicted molar refractivity (Wildman–Crippen MR) is 118 cm³/mol. The molecule has 0 aliphatic carbocycles. The highest BCUT2D eigenvalue weighted by Crippen LogP contribution is 2.33. The first-order valence-corrected chi connectivity index (χ1v) is 10.9. The van der Waals surface area contributed by atoms with Crippen LogP contribution in [-0.2, 0) is 4.79 Å². The number of benzene rings is 2. The minimum absolute atomic E-state index is 0.129. The Labute approximate surface area is 173 Å². The van der Waals surface area contributed by atoms with Crippen LogP contribution < -0.4 is 14.5 Å². The van der Waals surface area contributed by atoms with Crippen LogP contribution in [0.15, 0.2) is 54.6 Å². The van der Waals surface area contributed by atoms with E-state index in [1.54, 1.807) is 0 Å². The molecule has 0 spiro atoms. The van der Waals surface area contributed by atoms with E-state index < -0.39 is 0 Å². The van der Waals surface area contributed by atoms with Gasteiger partial charge in [-0.15, -0.1) is 0 Å². The van der Waals surface area contributed by atoms with E-state index >= 15 is 0 Å². The molecule has 29 heavy (non-hydrogen) atoms. The number of ether oxygens (including phenoxy) is 1. The number of amides is 1. The molecule has 0 saturated carbocycles. The SMILES string of the molecule is O=C(CCOc1ccccc1)N1CCN(CCN2CCCCC2)c2ccccc21. The zero-order chi connectivity index (χ0) is 19.9. The van der Waals surface area contributed by atoms with Crippen LogP contribution in [0.2, 0.25) is 0 Å². The molecule has 1 fully saturated rings. The summed E-state index contributed by atoms with van der Waals surface area (Å²) in [5.41, 5.74) is 2.20. The molecule has 5 heteroatoms. The molecule has 0 N–H and O–H groups in total. The molecular weight excluding hydrogens is 362 g/mol. The second kappa shape index (κ2) is 9.79. The first-order valence-electron chi connectivity index (χ1n) is 10.9. The fourth-order valence-corrected chi connectivity index (χ4v) is 4.27. The molecule has 154 valence electrons. The van der Waals surface area contributed by atoms with Gasteiger partial charge in [-0.05, 0) is 50.2 Å². The summed E-state index contributed by atoms with van der Waals surface area (Å²) in [5.74, 6) is 0.937. The fourth-order valence-electron chi connectivity index (χ4n) is 4.27. The monoisotopic (exact) mass is 393 g/mol. The number of rotatable bonds is 7. The quantitative estimate of drug-likeness (QED) is 0.717. The number of para-hydroxylation sites is 3. The highest BCUT2D eigenvalue weighted by atomic mass is 16.5. The van der Waals surface area contributed by atoms with Crippen molar-refractivity contribution in [3.63, 3.8) is 0 Å². The summed E-state index contributed by atoms with van der Waals surface area (Å²) in [6.07, 6.45) is 4.40. The number of anilines is 2. The minimum Gasteiger partial charge on any atom is -0.493 e. The van der Waals surface area contributed by atoms with Crippen LogP contribution in [0.1, 0.15) is 25.7 Å². The van der Waals surface area contributed by atoms with Gasteiger partial charge in [-0.2, -0.15) is 0 Å². The van der Waals surface area contributed by atoms with E-state index in [1.165, 1.54) is 38.0 Å². The van der Waals surface area contributed by atoms with Crippen molar-refractivity contribution in [1.82, 2.24) is 4.90 Å². The molecule has 2 aliphatic rings. The predicted octanol–water partition coefficient (Wildman–Crippen LogP) is 3.79. The lowest BCUT2D eigenvalue weighted by atomic mass is 10.1. The fraction of sp³-hybridized carbons (Fsp3) is 0.458. The first-order chi connectivity index (χ1) is 14.3. The van der Waals surface area contributed by atoms with Gasteiger partial charge in [0.05, 0.1) is 24.4 Å². The van der Waals surface area contributed by atoms with Crippen molar-refractivity contribution in [3.8, 4) is 5.75 Å². The lowest BCUT2D eigenvalue weighted by molar-refractivity contribution is -0.119. The molecule has 2 aromatic carbocycles. The van der Waals surface area contributed by atoms with E-state index in [4.69, 9.17) is 4.74 Å². The van der Waals surface area contributed by atoms with Crippen LogP contribution in [0.5, 0.6) is 5.75 Å². The molecule has 0 radical (unpaired) electrons. The molecule has 2 heterocycles. The maximum absolute atomic E-state index is 12.9. The summed E-state index contributed by atoms with van der Waals surface area (Å²) in [5, 5.41) is 0. The van der Waals surface area contributed by atoms with Crippen LogP contribution in [0.4, 0.5) is 11.4 Å². The van der Waals surface area contributed by atoms with Crippen LogP contribution in [0, 0.1) is 0 Å². The molecule has 4 rings (SSSR count). The van der Waals surface area contributed by atoms with Gasteiger partial charge in [0, 0.05) is 26.2 Å². The smallest absolute Gasteiger partial charge is 0.230 e. The Morgan fingerprint density at radius 1 is 0.793 bits per heavy atom. The normalized spacial score (nSPS) is 17.1. The average Bonchev–Trinajstić information content (AvgIpc) is 2.79. The number of carbonyl (C=O) groups excluding carboxylic acids is 1. The van der Waals surface area contributed by atoms with Crippen molar-refractivity contribution < 1.29 is 9.53 Å². The van der Waals surface area contributed by atoms with E-state index in [1.807, 2.05) is 41.3 Å². The third kappa shape index (κ3) is 5.10. The highest BCUT2D eigenvalue weighted by Gasteiger charge is 2.26. The largest absolute Gasteiger partial charge is 0.493 e. The lowest BCUT2D eigenvalue weighted by Crippen LogP contribution is -2.47. The van der Waals surface area contributed by atoms with Gasteiger partial charge in [-0.25, -0.2) is 0 Å². The Balaban J connectivity index is 1.35. The number of hydrogen-bond donors (Lipinski definition) is 0. The van der Waals surface area contributed by atoms with Gasteiger partial charge in [-0.3, -0.25) is 4.79 Å². The molecule has 0 aromatic heterocycles. The van der Waals surface area contributed by atoms with Gasteiger partial charge in [0.2, 0.25) is 5.91 Å². The molecule has 2 aliphatic heterocycles. The average molecular weight is 394 g/mol. The lowest BCUT2D eigenvalue weighted by Gasteiger charge is -2.39. The molecule has 1 amide bonds. The summed E-state index contributed by atoms with van der Waals surface area (Å²) in [7, 11) is 0. The Morgan fingerprint density at radius 3 is 2.31 bits per heavy atom. The number of piperidine rings is 1. The molecule has 1 saturated heterocycles. The van der Waals surface area contributed by atoms with Crippen molar-refractivity contribution in [1.29, 1.82) is 0 Å². The van der Waals surface area contributed by atoms with E-state index in [0.717, 1.165) is 37.6 Å². The molecule has 2 aromatic rings. The maximum atomic E-state index is 12.9. The standard InChI is InChI=1S/C24H31N3O2/c28-24(13-20-29-21-9-3-1-4-10-21)27-19-18-26(22-11-5-6-12-23(22)27)17-16-25-14-7-2-8-15-25/h1,3-6,9-12H,2,7-8,13-20H2. The van der Waals surface area contributed by atoms with Crippen LogP contribution in [0.3, 0.4) is 0 Å². The van der Waals surface area contributed by atoms with Gasteiger partial charge in [0.1, 0.15) is 5.75 Å². The Hall–Kier alpha value is -2.53. The topological polar surface area (TPSA) is 36.0 Å². The zero-order valence-corrected chi connectivity index (χ0v) is 17.1. The molecule has 0 atom stereocenters. The highest BCUT2D eigenvalue weighted by molar-refractivity contribution is 5.97. The Morgan fingerprint density at radius 2 is 1.52 bits per heavy atom. The summed E-state index contributed by atoms with van der Waals surface area (Å²) >= 11 is 0. The van der Waals surface area contributed by atoms with E-state index in [0.29, 0.717) is 13.0 Å². The number of fused-ring (bicyclic) bond motifs is 1. The van der Waals surface area contributed by atoms with Crippen LogP contribution in [0.25, 0.3) is 0 Å².